The van der Waals surface area contributed by atoms with Crippen LogP contribution < -0.4 is 9.47 Å². The summed E-state index contributed by atoms with van der Waals surface area (Å²) in [5.41, 5.74) is 2.63. The number of aromatic amines is 1. The van der Waals surface area contributed by atoms with E-state index in [1.807, 2.05) is 26.0 Å². The molecule has 0 saturated carbocycles. The number of hydrogen-bond donors (Lipinski definition) is 1. The van der Waals surface area contributed by atoms with Gasteiger partial charge < -0.3 is 19.2 Å². The van der Waals surface area contributed by atoms with Gasteiger partial charge >= 0.3 is 5.97 Å². The van der Waals surface area contributed by atoms with E-state index in [1.54, 1.807) is 19.9 Å². The zero-order chi connectivity index (χ0) is 22.2. The molecule has 2 aromatic rings. The first-order valence-electron chi connectivity index (χ1n) is 9.87. The Morgan fingerprint density at radius 2 is 1.93 bits per heavy atom. The van der Waals surface area contributed by atoms with Crippen molar-refractivity contribution in [3.05, 3.63) is 46.3 Å². The lowest BCUT2D eigenvalue weighted by atomic mass is 10.0. The van der Waals surface area contributed by atoms with Crippen LogP contribution in [0.3, 0.4) is 0 Å². The Balaban J connectivity index is 1.63. The average molecular weight is 413 g/mol. The fourth-order valence-corrected chi connectivity index (χ4v) is 3.85. The second-order valence-corrected chi connectivity index (χ2v) is 8.25. The number of carbonyl (C=O) groups is 3. The number of H-pyrrole nitrogens is 1. The van der Waals surface area contributed by atoms with Crippen molar-refractivity contribution in [1.82, 2.24) is 4.98 Å². The molecule has 0 amide bonds. The monoisotopic (exact) mass is 413 g/mol. The molecule has 0 fully saturated rings. The van der Waals surface area contributed by atoms with E-state index in [1.165, 1.54) is 13.8 Å². The Morgan fingerprint density at radius 3 is 2.57 bits per heavy atom. The summed E-state index contributed by atoms with van der Waals surface area (Å²) in [5.74, 6) is -0.0932. The Hall–Kier alpha value is -3.09. The number of ketones is 2. The van der Waals surface area contributed by atoms with Crippen LogP contribution >= 0.6 is 0 Å². The predicted octanol–water partition coefficient (Wildman–Crippen LogP) is 3.74. The third kappa shape index (κ3) is 4.25. The van der Waals surface area contributed by atoms with Crippen LogP contribution in [0, 0.1) is 13.8 Å². The van der Waals surface area contributed by atoms with Gasteiger partial charge in [0.15, 0.2) is 30.0 Å². The zero-order valence-corrected chi connectivity index (χ0v) is 18.2. The van der Waals surface area contributed by atoms with Gasteiger partial charge in [-0.2, -0.15) is 0 Å². The number of hydrogen-bond acceptors (Lipinski definition) is 6. The van der Waals surface area contributed by atoms with Gasteiger partial charge in [0, 0.05) is 23.2 Å². The SMILES string of the molecule is CC(=O)c1c(C)[nH]c(C(=O)[C@@H](C)OC(=O)COc2cccc3c2OC(C)(C)C3)c1C. The average Bonchev–Trinajstić information content (AvgIpc) is 3.13. The van der Waals surface area contributed by atoms with Crippen LogP contribution in [0.15, 0.2) is 18.2 Å². The molecule has 160 valence electrons. The summed E-state index contributed by atoms with van der Waals surface area (Å²) in [5, 5.41) is 0. The van der Waals surface area contributed by atoms with Crippen molar-refractivity contribution in [1.29, 1.82) is 0 Å². The van der Waals surface area contributed by atoms with Gasteiger partial charge in [-0.25, -0.2) is 4.79 Å². The molecule has 0 bridgehead atoms. The highest BCUT2D eigenvalue weighted by Gasteiger charge is 2.32. The number of aromatic nitrogens is 1. The minimum atomic E-state index is -1.02. The van der Waals surface area contributed by atoms with Gasteiger partial charge in [0.05, 0.1) is 5.69 Å². The van der Waals surface area contributed by atoms with E-state index in [0.29, 0.717) is 28.3 Å². The molecule has 30 heavy (non-hydrogen) atoms. The number of carbonyl (C=O) groups excluding carboxylic acids is 3. The first-order valence-corrected chi connectivity index (χ1v) is 9.87. The summed E-state index contributed by atoms with van der Waals surface area (Å²) in [7, 11) is 0. The smallest absolute Gasteiger partial charge is 0.344 e. The predicted molar refractivity (Wildman–Crippen MR) is 111 cm³/mol. The lowest BCUT2D eigenvalue weighted by Gasteiger charge is -2.18. The van der Waals surface area contributed by atoms with Crippen LogP contribution in [-0.4, -0.2) is 40.8 Å². The van der Waals surface area contributed by atoms with Gasteiger partial charge in [-0.05, 0) is 53.2 Å². The standard InChI is InChI=1S/C23H27NO6/c1-12-19(14(3)25)13(2)24-20(12)21(27)15(4)29-18(26)11-28-17-9-7-8-16-10-23(5,6)30-22(16)17/h7-9,15,24H,10-11H2,1-6H3/t15-/m1/s1. The highest BCUT2D eigenvalue weighted by Crippen LogP contribution is 2.41. The third-order valence-corrected chi connectivity index (χ3v) is 5.11. The molecule has 0 saturated heterocycles. The van der Waals surface area contributed by atoms with E-state index in [4.69, 9.17) is 14.2 Å². The van der Waals surface area contributed by atoms with Crippen molar-refractivity contribution < 1.29 is 28.6 Å². The van der Waals surface area contributed by atoms with Crippen LogP contribution in [0.4, 0.5) is 0 Å². The number of aryl methyl sites for hydroxylation is 1. The Kier molecular flexibility index (Phi) is 5.74. The number of nitrogens with one attached hydrogen (secondary N) is 1. The van der Waals surface area contributed by atoms with Gasteiger partial charge in [0.25, 0.3) is 0 Å². The summed E-state index contributed by atoms with van der Waals surface area (Å²) in [6.07, 6.45) is -0.263. The fraction of sp³-hybridized carbons (Fsp3) is 0.435. The molecule has 2 heterocycles. The van der Waals surface area contributed by atoms with Gasteiger partial charge in [-0.1, -0.05) is 12.1 Å². The van der Waals surface area contributed by atoms with Crippen molar-refractivity contribution in [3.63, 3.8) is 0 Å². The van der Waals surface area contributed by atoms with E-state index in [9.17, 15) is 14.4 Å². The van der Waals surface area contributed by atoms with Gasteiger partial charge in [-0.15, -0.1) is 0 Å². The summed E-state index contributed by atoms with van der Waals surface area (Å²) in [6.45, 7) is 9.99. The number of Topliss-reactive ketones (excluding diaryl/α,β-unsaturated/α-hetero) is 2. The maximum Gasteiger partial charge on any atom is 0.344 e. The third-order valence-electron chi connectivity index (χ3n) is 5.11. The van der Waals surface area contributed by atoms with Crippen molar-refractivity contribution >= 4 is 17.5 Å². The molecule has 7 heteroatoms. The van der Waals surface area contributed by atoms with Crippen molar-refractivity contribution in [2.45, 2.75) is 59.7 Å². The number of ether oxygens (including phenoxy) is 3. The molecule has 0 unspecified atom stereocenters. The zero-order valence-electron chi connectivity index (χ0n) is 18.2. The molecule has 0 spiro atoms. The van der Waals surface area contributed by atoms with Crippen LogP contribution in [0.25, 0.3) is 0 Å². The van der Waals surface area contributed by atoms with E-state index in [2.05, 4.69) is 4.98 Å². The number of para-hydroxylation sites is 1. The summed E-state index contributed by atoms with van der Waals surface area (Å²) in [4.78, 5) is 39.7. The van der Waals surface area contributed by atoms with E-state index in [-0.39, 0.29) is 23.7 Å². The molecule has 1 aromatic heterocycles. The van der Waals surface area contributed by atoms with Crippen molar-refractivity contribution in [2.24, 2.45) is 0 Å². The van der Waals surface area contributed by atoms with Crippen molar-refractivity contribution in [2.75, 3.05) is 6.61 Å². The Labute approximate surface area is 175 Å². The van der Waals surface area contributed by atoms with Gasteiger partial charge in [-0.3, -0.25) is 9.59 Å². The Bertz CT molecular complexity index is 1020. The second-order valence-electron chi connectivity index (χ2n) is 8.25. The molecular weight excluding hydrogens is 386 g/mol. The molecule has 7 nitrogen and oxygen atoms in total. The van der Waals surface area contributed by atoms with Gasteiger partial charge in [0.2, 0.25) is 5.78 Å². The topological polar surface area (TPSA) is 94.7 Å². The molecule has 0 radical (unpaired) electrons. The maximum absolute atomic E-state index is 12.7. The van der Waals surface area contributed by atoms with Gasteiger partial charge in [0.1, 0.15) is 5.60 Å². The number of fused-ring (bicyclic) bond motifs is 1. The minimum Gasteiger partial charge on any atom is -0.483 e. The largest absolute Gasteiger partial charge is 0.483 e. The quantitative estimate of drug-likeness (QED) is 0.549. The summed E-state index contributed by atoms with van der Waals surface area (Å²) in [6, 6.07) is 5.54. The lowest BCUT2D eigenvalue weighted by molar-refractivity contribution is -0.148. The molecular formula is C23H27NO6. The highest BCUT2D eigenvalue weighted by molar-refractivity contribution is 6.05. The van der Waals surface area contributed by atoms with Crippen molar-refractivity contribution in [3.8, 4) is 11.5 Å². The number of benzene rings is 1. The lowest BCUT2D eigenvalue weighted by Crippen LogP contribution is -2.28. The molecule has 1 N–H and O–H groups in total. The Morgan fingerprint density at radius 1 is 1.23 bits per heavy atom. The normalized spacial score (nSPS) is 15.1. The molecule has 1 atom stereocenters. The first-order chi connectivity index (χ1) is 14.0. The van der Waals surface area contributed by atoms with Crippen LogP contribution in [-0.2, 0) is 16.0 Å². The van der Waals surface area contributed by atoms with E-state index >= 15 is 0 Å². The van der Waals surface area contributed by atoms with Crippen LogP contribution in [0.5, 0.6) is 11.5 Å². The molecule has 1 aliphatic rings. The van der Waals surface area contributed by atoms with Crippen LogP contribution in [0.1, 0.15) is 65.4 Å². The van der Waals surface area contributed by atoms with E-state index < -0.39 is 17.9 Å². The molecule has 1 aromatic carbocycles. The molecule has 3 rings (SSSR count). The molecule has 0 aliphatic carbocycles. The van der Waals surface area contributed by atoms with Crippen LogP contribution in [0.2, 0.25) is 0 Å². The second kappa shape index (κ2) is 7.97. The summed E-state index contributed by atoms with van der Waals surface area (Å²) < 4.78 is 16.8. The maximum atomic E-state index is 12.7. The fourth-order valence-electron chi connectivity index (χ4n) is 3.85. The molecule has 1 aliphatic heterocycles. The highest BCUT2D eigenvalue weighted by atomic mass is 16.6. The minimum absolute atomic E-state index is 0.126. The van der Waals surface area contributed by atoms with E-state index in [0.717, 1.165) is 12.0 Å². The number of rotatable bonds is 7. The number of esters is 1. The first kappa shape index (κ1) is 21.6. The summed E-state index contributed by atoms with van der Waals surface area (Å²) >= 11 is 0.